The van der Waals surface area contributed by atoms with Crippen LogP contribution >= 0.6 is 11.6 Å². The van der Waals surface area contributed by atoms with Crippen molar-refractivity contribution in [2.75, 3.05) is 0 Å². The Morgan fingerprint density at radius 1 is 1.45 bits per heavy atom. The number of alkyl halides is 1. The summed E-state index contributed by atoms with van der Waals surface area (Å²) in [4.78, 5) is 21.1. The summed E-state index contributed by atoms with van der Waals surface area (Å²) < 4.78 is 0. The molecule has 0 aliphatic carbocycles. The monoisotopic (exact) mass is 178 g/mol. The lowest BCUT2D eigenvalue weighted by Gasteiger charge is -2.04. The quantitative estimate of drug-likeness (QED) is 0.661. The van der Waals surface area contributed by atoms with Crippen molar-refractivity contribution in [1.82, 2.24) is 0 Å². The molecule has 0 saturated heterocycles. The summed E-state index contributed by atoms with van der Waals surface area (Å²) in [5, 5.41) is 7.25. The van der Waals surface area contributed by atoms with Gasteiger partial charge in [0.2, 0.25) is 0 Å². The van der Waals surface area contributed by atoms with Gasteiger partial charge in [0.15, 0.2) is 0 Å². The van der Waals surface area contributed by atoms with E-state index in [2.05, 4.69) is 0 Å². The van der Waals surface area contributed by atoms with Gasteiger partial charge in [-0.3, -0.25) is 9.59 Å². The van der Waals surface area contributed by atoms with Crippen LogP contribution in [0.2, 0.25) is 0 Å². The predicted octanol–water partition coefficient (Wildman–Crippen LogP) is 1.29. The number of Topliss-reactive ketones (excluding diaryl/α,β-unsaturated/α-hetero) is 1. The molecule has 0 aliphatic heterocycles. The third-order valence-electron chi connectivity index (χ3n) is 1.29. The Hall–Kier alpha value is -0.570. The summed E-state index contributed by atoms with van der Waals surface area (Å²) in [6, 6.07) is 0. The first-order chi connectivity index (χ1) is 4.95. The van der Waals surface area contributed by atoms with Gasteiger partial charge in [-0.2, -0.15) is 0 Å². The highest BCUT2D eigenvalue weighted by molar-refractivity contribution is 6.30. The van der Waals surface area contributed by atoms with Gasteiger partial charge in [0, 0.05) is 12.3 Å². The zero-order chi connectivity index (χ0) is 9.02. The van der Waals surface area contributed by atoms with E-state index in [1.165, 1.54) is 0 Å². The van der Waals surface area contributed by atoms with E-state index >= 15 is 0 Å². The molecule has 0 aromatic carbocycles. The fraction of sp³-hybridized carbons (Fsp3) is 0.714. The van der Waals surface area contributed by atoms with Crippen molar-refractivity contribution in [2.45, 2.75) is 25.6 Å². The molecule has 1 unspecified atom stereocenters. The minimum Gasteiger partial charge on any atom is -0.480 e. The van der Waals surface area contributed by atoms with Crippen molar-refractivity contribution in [1.29, 1.82) is 0 Å². The third kappa shape index (κ3) is 3.98. The fourth-order valence-corrected chi connectivity index (χ4v) is 0.652. The molecular formula is C7H11ClO3. The van der Waals surface area contributed by atoms with Crippen LogP contribution in [0.4, 0.5) is 0 Å². The fourth-order valence-electron chi connectivity index (χ4n) is 0.500. The molecule has 0 fully saturated rings. The van der Waals surface area contributed by atoms with E-state index in [-0.39, 0.29) is 18.1 Å². The molecule has 0 aromatic rings. The van der Waals surface area contributed by atoms with Gasteiger partial charge in [-0.15, -0.1) is 11.6 Å². The van der Waals surface area contributed by atoms with Crippen LogP contribution in [0, 0.1) is 5.92 Å². The van der Waals surface area contributed by atoms with Gasteiger partial charge in [0.05, 0.1) is 0 Å². The van der Waals surface area contributed by atoms with Crippen molar-refractivity contribution in [2.24, 2.45) is 5.92 Å². The lowest BCUT2D eigenvalue weighted by atomic mass is 10.0. The van der Waals surface area contributed by atoms with Crippen molar-refractivity contribution in [3.8, 4) is 0 Å². The lowest BCUT2D eigenvalue weighted by Crippen LogP contribution is -2.20. The smallest absolute Gasteiger partial charge is 0.322 e. The molecule has 0 aliphatic rings. The lowest BCUT2D eigenvalue weighted by molar-refractivity contribution is -0.138. The topological polar surface area (TPSA) is 54.4 Å². The Kier molecular flexibility index (Phi) is 4.11. The summed E-state index contributed by atoms with van der Waals surface area (Å²) >= 11 is 5.33. The van der Waals surface area contributed by atoms with E-state index in [1.54, 1.807) is 13.8 Å². The normalized spacial score (nSPS) is 13.1. The predicted molar refractivity (Wildman–Crippen MR) is 41.7 cm³/mol. The van der Waals surface area contributed by atoms with Gasteiger partial charge >= 0.3 is 5.97 Å². The van der Waals surface area contributed by atoms with Crippen LogP contribution in [0.15, 0.2) is 0 Å². The number of hydrogen-bond donors (Lipinski definition) is 1. The van der Waals surface area contributed by atoms with Gasteiger partial charge < -0.3 is 5.11 Å². The molecule has 64 valence electrons. The van der Waals surface area contributed by atoms with E-state index in [1.807, 2.05) is 0 Å². The first-order valence-corrected chi connectivity index (χ1v) is 3.78. The second kappa shape index (κ2) is 4.34. The van der Waals surface area contributed by atoms with Crippen LogP contribution < -0.4 is 0 Å². The number of carboxylic acid groups (broad SMARTS) is 1. The molecule has 0 bridgehead atoms. The highest BCUT2D eigenvalue weighted by Gasteiger charge is 2.19. The first kappa shape index (κ1) is 10.4. The Bertz CT molecular complexity index is 165. The van der Waals surface area contributed by atoms with Gasteiger partial charge in [0.1, 0.15) is 11.2 Å². The Morgan fingerprint density at radius 3 is 2.18 bits per heavy atom. The van der Waals surface area contributed by atoms with Crippen molar-refractivity contribution >= 4 is 23.4 Å². The largest absolute Gasteiger partial charge is 0.480 e. The second-order valence-electron chi connectivity index (χ2n) is 2.63. The van der Waals surface area contributed by atoms with Gasteiger partial charge in [-0.25, -0.2) is 0 Å². The summed E-state index contributed by atoms with van der Waals surface area (Å²) in [6.07, 6.45) is -0.0887. The van der Waals surface area contributed by atoms with E-state index in [0.29, 0.717) is 0 Å². The molecule has 0 radical (unpaired) electrons. The molecule has 1 N–H and O–H groups in total. The molecule has 0 amide bonds. The maximum atomic E-state index is 10.9. The van der Waals surface area contributed by atoms with Crippen LogP contribution in [0.5, 0.6) is 0 Å². The number of aliphatic carboxylic acids is 1. The van der Waals surface area contributed by atoms with Gasteiger partial charge in [-0.1, -0.05) is 13.8 Å². The van der Waals surface area contributed by atoms with Gasteiger partial charge in [-0.05, 0) is 0 Å². The number of carbonyl (C=O) groups excluding carboxylic acids is 1. The van der Waals surface area contributed by atoms with E-state index in [9.17, 15) is 9.59 Å². The summed E-state index contributed by atoms with van der Waals surface area (Å²) in [6.45, 7) is 3.43. The molecule has 0 rings (SSSR count). The number of carbonyl (C=O) groups is 2. The highest BCUT2D eigenvalue weighted by atomic mass is 35.5. The van der Waals surface area contributed by atoms with Crippen LogP contribution in [-0.2, 0) is 9.59 Å². The van der Waals surface area contributed by atoms with Crippen LogP contribution in [0.25, 0.3) is 0 Å². The molecular weight excluding hydrogens is 168 g/mol. The summed E-state index contributed by atoms with van der Waals surface area (Å²) in [7, 11) is 0. The summed E-state index contributed by atoms with van der Waals surface area (Å²) in [5.74, 6) is -1.40. The van der Waals surface area contributed by atoms with Gasteiger partial charge in [0.25, 0.3) is 0 Å². The molecule has 0 heterocycles. The van der Waals surface area contributed by atoms with E-state index < -0.39 is 11.3 Å². The molecule has 11 heavy (non-hydrogen) atoms. The minimum absolute atomic E-state index is 0.0887. The molecule has 1 atom stereocenters. The zero-order valence-electron chi connectivity index (χ0n) is 6.50. The number of ketones is 1. The average molecular weight is 179 g/mol. The standard InChI is InChI=1S/C7H11ClO3/c1-4(2)6(9)3-5(8)7(10)11/h4-5H,3H2,1-2H3,(H,10,11). The minimum atomic E-state index is -1.14. The van der Waals surface area contributed by atoms with E-state index in [0.717, 1.165) is 0 Å². The Morgan fingerprint density at radius 2 is 1.91 bits per heavy atom. The Labute approximate surface area is 70.3 Å². The maximum absolute atomic E-state index is 10.9. The second-order valence-corrected chi connectivity index (χ2v) is 3.16. The SMILES string of the molecule is CC(C)C(=O)CC(Cl)C(=O)O. The van der Waals surface area contributed by atoms with E-state index in [4.69, 9.17) is 16.7 Å². The molecule has 0 saturated carbocycles. The van der Waals surface area contributed by atoms with Crippen molar-refractivity contribution in [3.05, 3.63) is 0 Å². The molecule has 0 spiro atoms. The average Bonchev–Trinajstić information content (AvgIpc) is 1.87. The molecule has 3 nitrogen and oxygen atoms in total. The third-order valence-corrected chi connectivity index (χ3v) is 1.63. The highest BCUT2D eigenvalue weighted by Crippen LogP contribution is 2.07. The zero-order valence-corrected chi connectivity index (χ0v) is 7.26. The number of hydrogen-bond acceptors (Lipinski definition) is 2. The van der Waals surface area contributed by atoms with Crippen molar-refractivity contribution < 1.29 is 14.7 Å². The first-order valence-electron chi connectivity index (χ1n) is 3.34. The summed E-state index contributed by atoms with van der Waals surface area (Å²) in [5.41, 5.74) is 0. The molecule has 4 heteroatoms. The maximum Gasteiger partial charge on any atom is 0.322 e. The van der Waals surface area contributed by atoms with Crippen LogP contribution in [-0.4, -0.2) is 22.2 Å². The number of rotatable bonds is 4. The molecule has 0 aromatic heterocycles. The van der Waals surface area contributed by atoms with Crippen LogP contribution in [0.3, 0.4) is 0 Å². The number of halogens is 1. The number of carboxylic acids is 1. The van der Waals surface area contributed by atoms with Crippen LogP contribution in [0.1, 0.15) is 20.3 Å². The van der Waals surface area contributed by atoms with Crippen molar-refractivity contribution in [3.63, 3.8) is 0 Å². The Balaban J connectivity index is 3.85.